The molecule has 0 atom stereocenters. The lowest BCUT2D eigenvalue weighted by atomic mass is 10.7. The van der Waals surface area contributed by atoms with Crippen molar-refractivity contribution < 1.29 is 34.3 Å². The standard InChI is InChI=1S/C6H14O4.C3H6O3/c7-1-3-9-5-6-10-4-2-8;1-6-2-3(4)5/h7-8H,1-6H2;2H2,1H3,(H,4,5). The van der Waals surface area contributed by atoms with Crippen LogP contribution in [-0.2, 0) is 19.0 Å². The minimum atomic E-state index is -0.933. The molecule has 0 aliphatic rings. The molecule has 0 saturated heterocycles. The molecule has 0 bridgehead atoms. The summed E-state index contributed by atoms with van der Waals surface area (Å²) in [4.78, 5) is 9.47. The zero-order valence-electron chi connectivity index (χ0n) is 9.42. The molecule has 0 fully saturated rings. The smallest absolute Gasteiger partial charge is 0.329 e. The highest BCUT2D eigenvalue weighted by molar-refractivity contribution is 5.67. The third-order valence-electron chi connectivity index (χ3n) is 1.11. The second-order valence-corrected chi connectivity index (χ2v) is 2.50. The molecular weight excluding hydrogens is 220 g/mol. The summed E-state index contributed by atoms with van der Waals surface area (Å²) in [7, 11) is 1.34. The highest BCUT2D eigenvalue weighted by Crippen LogP contribution is 1.76. The normalized spacial score (nSPS) is 9.44. The van der Waals surface area contributed by atoms with E-state index in [4.69, 9.17) is 24.8 Å². The third kappa shape index (κ3) is 23.2. The van der Waals surface area contributed by atoms with E-state index in [0.717, 1.165) is 0 Å². The molecule has 0 aromatic carbocycles. The number of carboxylic acid groups (broad SMARTS) is 1. The van der Waals surface area contributed by atoms with Gasteiger partial charge in [-0.05, 0) is 0 Å². The van der Waals surface area contributed by atoms with E-state index in [1.54, 1.807) is 0 Å². The summed E-state index contributed by atoms with van der Waals surface area (Å²) < 4.78 is 13.9. The van der Waals surface area contributed by atoms with Gasteiger partial charge in [-0.25, -0.2) is 4.79 Å². The predicted octanol–water partition coefficient (Wildman–Crippen LogP) is -1.28. The van der Waals surface area contributed by atoms with E-state index in [2.05, 4.69) is 4.74 Å². The SMILES string of the molecule is COCC(=O)O.OCCOCCOCCO. The average Bonchev–Trinajstić information content (AvgIpc) is 2.24. The van der Waals surface area contributed by atoms with Gasteiger partial charge in [0.1, 0.15) is 6.61 Å². The van der Waals surface area contributed by atoms with Crippen molar-refractivity contribution in [3.63, 3.8) is 0 Å². The van der Waals surface area contributed by atoms with Crippen molar-refractivity contribution >= 4 is 5.97 Å². The van der Waals surface area contributed by atoms with Gasteiger partial charge < -0.3 is 29.5 Å². The molecule has 16 heavy (non-hydrogen) atoms. The lowest BCUT2D eigenvalue weighted by Crippen LogP contribution is -2.09. The fraction of sp³-hybridized carbons (Fsp3) is 0.889. The van der Waals surface area contributed by atoms with Crippen molar-refractivity contribution in [1.82, 2.24) is 0 Å². The zero-order chi connectivity index (χ0) is 12.6. The molecule has 0 unspecified atom stereocenters. The zero-order valence-corrected chi connectivity index (χ0v) is 9.42. The Hall–Kier alpha value is -0.730. The van der Waals surface area contributed by atoms with Crippen molar-refractivity contribution in [2.75, 3.05) is 53.4 Å². The fourth-order valence-electron chi connectivity index (χ4n) is 0.575. The summed E-state index contributed by atoms with van der Waals surface area (Å²) >= 11 is 0. The number of rotatable bonds is 9. The molecule has 0 aromatic heterocycles. The molecule has 98 valence electrons. The van der Waals surface area contributed by atoms with Gasteiger partial charge in [-0.2, -0.15) is 0 Å². The van der Waals surface area contributed by atoms with Gasteiger partial charge in [0.25, 0.3) is 0 Å². The molecular formula is C9H20O7. The van der Waals surface area contributed by atoms with E-state index in [0.29, 0.717) is 26.4 Å². The van der Waals surface area contributed by atoms with E-state index in [-0.39, 0.29) is 19.8 Å². The van der Waals surface area contributed by atoms with Crippen molar-refractivity contribution in [3.05, 3.63) is 0 Å². The molecule has 0 amide bonds. The third-order valence-corrected chi connectivity index (χ3v) is 1.11. The van der Waals surface area contributed by atoms with Crippen LogP contribution >= 0.6 is 0 Å². The van der Waals surface area contributed by atoms with Gasteiger partial charge in [0.15, 0.2) is 0 Å². The molecule has 7 heteroatoms. The first kappa shape index (κ1) is 17.7. The average molecular weight is 240 g/mol. The van der Waals surface area contributed by atoms with E-state index >= 15 is 0 Å². The van der Waals surface area contributed by atoms with Crippen LogP contribution in [0.1, 0.15) is 0 Å². The van der Waals surface area contributed by atoms with Gasteiger partial charge in [0.05, 0.1) is 39.6 Å². The maximum atomic E-state index is 9.47. The van der Waals surface area contributed by atoms with Gasteiger partial charge in [0, 0.05) is 7.11 Å². The number of carboxylic acids is 1. The summed E-state index contributed by atoms with van der Waals surface area (Å²) in [5.74, 6) is -0.933. The van der Waals surface area contributed by atoms with Gasteiger partial charge in [-0.1, -0.05) is 0 Å². The van der Waals surface area contributed by atoms with Gasteiger partial charge >= 0.3 is 5.97 Å². The number of ether oxygens (including phenoxy) is 3. The van der Waals surface area contributed by atoms with Gasteiger partial charge in [0.2, 0.25) is 0 Å². The number of carbonyl (C=O) groups is 1. The van der Waals surface area contributed by atoms with Crippen LogP contribution in [0.25, 0.3) is 0 Å². The monoisotopic (exact) mass is 240 g/mol. The largest absolute Gasteiger partial charge is 0.480 e. The number of aliphatic hydroxyl groups excluding tert-OH is 2. The van der Waals surface area contributed by atoms with Crippen LogP contribution in [0.3, 0.4) is 0 Å². The Bertz CT molecular complexity index is 132. The quantitative estimate of drug-likeness (QED) is 0.431. The van der Waals surface area contributed by atoms with E-state index in [1.165, 1.54) is 7.11 Å². The molecule has 0 radical (unpaired) electrons. The fourth-order valence-corrected chi connectivity index (χ4v) is 0.575. The Labute approximate surface area is 94.5 Å². The van der Waals surface area contributed by atoms with Crippen LogP contribution in [0.2, 0.25) is 0 Å². The van der Waals surface area contributed by atoms with Crippen LogP contribution in [0, 0.1) is 0 Å². The van der Waals surface area contributed by atoms with Crippen LogP contribution in [-0.4, -0.2) is 74.6 Å². The Morgan fingerprint density at radius 2 is 1.44 bits per heavy atom. The maximum Gasteiger partial charge on any atom is 0.329 e. The van der Waals surface area contributed by atoms with Gasteiger partial charge in [-0.15, -0.1) is 0 Å². The predicted molar refractivity (Wildman–Crippen MR) is 55.3 cm³/mol. The second kappa shape index (κ2) is 16.7. The number of aliphatic carboxylic acids is 1. The Kier molecular flexibility index (Phi) is 18.4. The highest BCUT2D eigenvalue weighted by Gasteiger charge is 1.88. The summed E-state index contributed by atoms with van der Waals surface area (Å²) in [5, 5.41) is 24.3. The maximum absolute atomic E-state index is 9.47. The highest BCUT2D eigenvalue weighted by atomic mass is 16.5. The van der Waals surface area contributed by atoms with Crippen LogP contribution < -0.4 is 0 Å². The summed E-state index contributed by atoms with van der Waals surface area (Å²) in [6, 6.07) is 0. The molecule has 3 N–H and O–H groups in total. The molecule has 7 nitrogen and oxygen atoms in total. The van der Waals surface area contributed by atoms with E-state index in [9.17, 15) is 4.79 Å². The molecule has 0 heterocycles. The number of aliphatic hydroxyl groups is 2. The lowest BCUT2D eigenvalue weighted by molar-refractivity contribution is -0.141. The molecule has 0 rings (SSSR count). The molecule has 0 aromatic rings. The van der Waals surface area contributed by atoms with Gasteiger partial charge in [-0.3, -0.25) is 0 Å². The van der Waals surface area contributed by atoms with Crippen molar-refractivity contribution in [1.29, 1.82) is 0 Å². The number of methoxy groups -OCH3 is 1. The van der Waals surface area contributed by atoms with Crippen LogP contribution in [0.4, 0.5) is 0 Å². The van der Waals surface area contributed by atoms with E-state index in [1.807, 2.05) is 0 Å². The minimum absolute atomic E-state index is 0.0417. The molecule has 0 aliphatic heterocycles. The Balaban J connectivity index is 0. The molecule has 0 saturated carbocycles. The second-order valence-electron chi connectivity index (χ2n) is 2.50. The first-order chi connectivity index (χ1) is 7.68. The Morgan fingerprint density at radius 3 is 1.62 bits per heavy atom. The minimum Gasteiger partial charge on any atom is -0.480 e. The van der Waals surface area contributed by atoms with E-state index < -0.39 is 5.97 Å². The Morgan fingerprint density at radius 1 is 1.00 bits per heavy atom. The first-order valence-electron chi connectivity index (χ1n) is 4.77. The first-order valence-corrected chi connectivity index (χ1v) is 4.77. The number of hydrogen-bond acceptors (Lipinski definition) is 6. The summed E-state index contributed by atoms with van der Waals surface area (Å²) in [6.07, 6.45) is 0. The summed E-state index contributed by atoms with van der Waals surface area (Å²) in [5.41, 5.74) is 0. The van der Waals surface area contributed by atoms with Crippen LogP contribution in [0.5, 0.6) is 0 Å². The summed E-state index contributed by atoms with van der Waals surface area (Å²) in [6.45, 7) is 1.52. The molecule has 0 aliphatic carbocycles. The number of hydrogen-bond donors (Lipinski definition) is 3. The van der Waals surface area contributed by atoms with Crippen molar-refractivity contribution in [3.8, 4) is 0 Å². The van der Waals surface area contributed by atoms with Crippen molar-refractivity contribution in [2.45, 2.75) is 0 Å². The lowest BCUT2D eigenvalue weighted by Gasteiger charge is -2.01. The topological polar surface area (TPSA) is 105 Å². The van der Waals surface area contributed by atoms with Crippen LogP contribution in [0.15, 0.2) is 0 Å². The molecule has 0 spiro atoms. The van der Waals surface area contributed by atoms with Crippen molar-refractivity contribution in [2.24, 2.45) is 0 Å².